The standard InChI is InChI=1S/C15H30N2O2/c1-4-17(5-2)15(10-8-7-9-11-15)13(12-16)14(18)19-6-3/h13H,4-12,16H2,1-3H3/t13-/m0/s1. The number of nitrogens with two attached hydrogens (primary N) is 1. The summed E-state index contributed by atoms with van der Waals surface area (Å²) in [7, 11) is 0. The summed E-state index contributed by atoms with van der Waals surface area (Å²) in [6.45, 7) is 8.94. The molecule has 112 valence electrons. The molecule has 1 rings (SSSR count). The van der Waals surface area contributed by atoms with E-state index in [9.17, 15) is 4.79 Å². The summed E-state index contributed by atoms with van der Waals surface area (Å²) in [6, 6.07) is 0. The molecular weight excluding hydrogens is 240 g/mol. The Kier molecular flexibility index (Phi) is 6.80. The van der Waals surface area contributed by atoms with Gasteiger partial charge in [0.25, 0.3) is 0 Å². The number of hydrogen-bond donors (Lipinski definition) is 1. The van der Waals surface area contributed by atoms with Gasteiger partial charge in [-0.15, -0.1) is 0 Å². The molecule has 0 aliphatic heterocycles. The summed E-state index contributed by atoms with van der Waals surface area (Å²) in [5, 5.41) is 0. The van der Waals surface area contributed by atoms with Crippen LogP contribution in [0.15, 0.2) is 0 Å². The van der Waals surface area contributed by atoms with Gasteiger partial charge < -0.3 is 10.5 Å². The SMILES string of the molecule is CCOC(=O)[C@H](CN)C1(N(CC)CC)CCCCC1. The number of carbonyl (C=O) groups is 1. The summed E-state index contributed by atoms with van der Waals surface area (Å²) in [6.07, 6.45) is 5.77. The van der Waals surface area contributed by atoms with Crippen molar-refractivity contribution in [3.63, 3.8) is 0 Å². The van der Waals surface area contributed by atoms with Crippen molar-refractivity contribution in [2.45, 2.75) is 58.4 Å². The second-order valence-electron chi connectivity index (χ2n) is 5.38. The van der Waals surface area contributed by atoms with E-state index in [1.165, 1.54) is 19.3 Å². The minimum Gasteiger partial charge on any atom is -0.466 e. The van der Waals surface area contributed by atoms with Gasteiger partial charge in [-0.1, -0.05) is 33.1 Å². The summed E-state index contributed by atoms with van der Waals surface area (Å²) < 4.78 is 5.27. The van der Waals surface area contributed by atoms with Gasteiger partial charge in [0.2, 0.25) is 0 Å². The quantitative estimate of drug-likeness (QED) is 0.720. The van der Waals surface area contributed by atoms with Crippen LogP contribution in [-0.4, -0.2) is 42.6 Å². The summed E-state index contributed by atoms with van der Waals surface area (Å²) in [5.74, 6) is -0.300. The number of rotatable bonds is 7. The zero-order chi connectivity index (χ0) is 14.3. The lowest BCUT2D eigenvalue weighted by molar-refractivity contribution is -0.155. The third kappa shape index (κ3) is 3.48. The van der Waals surface area contributed by atoms with E-state index in [1.807, 2.05) is 6.92 Å². The first-order valence-electron chi connectivity index (χ1n) is 7.78. The van der Waals surface area contributed by atoms with Crippen LogP contribution >= 0.6 is 0 Å². The van der Waals surface area contributed by atoms with Crippen LogP contribution in [0, 0.1) is 5.92 Å². The van der Waals surface area contributed by atoms with Gasteiger partial charge in [0.1, 0.15) is 0 Å². The van der Waals surface area contributed by atoms with Crippen molar-refractivity contribution in [3.05, 3.63) is 0 Å². The zero-order valence-corrected chi connectivity index (χ0v) is 12.8. The van der Waals surface area contributed by atoms with Crippen molar-refractivity contribution in [2.75, 3.05) is 26.2 Å². The van der Waals surface area contributed by atoms with E-state index < -0.39 is 0 Å². The van der Waals surface area contributed by atoms with Gasteiger partial charge in [0.05, 0.1) is 12.5 Å². The van der Waals surface area contributed by atoms with E-state index in [0.29, 0.717) is 13.2 Å². The highest BCUT2D eigenvalue weighted by molar-refractivity contribution is 5.74. The third-order valence-electron chi connectivity index (χ3n) is 4.57. The lowest BCUT2D eigenvalue weighted by Crippen LogP contribution is -2.59. The molecule has 0 radical (unpaired) electrons. The molecule has 19 heavy (non-hydrogen) atoms. The van der Waals surface area contributed by atoms with Gasteiger partial charge in [-0.2, -0.15) is 0 Å². The Morgan fingerprint density at radius 2 is 1.79 bits per heavy atom. The fourth-order valence-corrected chi connectivity index (χ4v) is 3.68. The predicted octanol–water partition coefficient (Wildman–Crippen LogP) is 2.17. The molecule has 0 spiro atoms. The Labute approximate surface area is 117 Å². The number of esters is 1. The fraction of sp³-hybridized carbons (Fsp3) is 0.933. The molecule has 0 saturated heterocycles. The maximum absolute atomic E-state index is 12.3. The van der Waals surface area contributed by atoms with Crippen molar-refractivity contribution in [1.82, 2.24) is 4.90 Å². The highest BCUT2D eigenvalue weighted by Gasteiger charge is 2.46. The fourth-order valence-electron chi connectivity index (χ4n) is 3.68. The normalized spacial score (nSPS) is 20.3. The second kappa shape index (κ2) is 7.85. The molecule has 4 heteroatoms. The number of hydrogen-bond acceptors (Lipinski definition) is 4. The second-order valence-corrected chi connectivity index (χ2v) is 5.38. The van der Waals surface area contributed by atoms with Crippen molar-refractivity contribution >= 4 is 5.97 Å². The maximum atomic E-state index is 12.3. The molecule has 4 nitrogen and oxygen atoms in total. The monoisotopic (exact) mass is 270 g/mol. The molecule has 1 fully saturated rings. The predicted molar refractivity (Wildman–Crippen MR) is 77.9 cm³/mol. The van der Waals surface area contributed by atoms with Crippen LogP contribution in [0.25, 0.3) is 0 Å². The lowest BCUT2D eigenvalue weighted by Gasteiger charge is -2.49. The van der Waals surface area contributed by atoms with E-state index in [1.54, 1.807) is 0 Å². The Hall–Kier alpha value is -0.610. The molecular formula is C15H30N2O2. The minimum atomic E-state index is -0.187. The van der Waals surface area contributed by atoms with Gasteiger partial charge in [-0.25, -0.2) is 0 Å². The summed E-state index contributed by atoms with van der Waals surface area (Å²) >= 11 is 0. The van der Waals surface area contributed by atoms with Crippen LogP contribution < -0.4 is 5.73 Å². The van der Waals surface area contributed by atoms with Crippen LogP contribution in [0.4, 0.5) is 0 Å². The average Bonchev–Trinajstić information content (AvgIpc) is 2.42. The van der Waals surface area contributed by atoms with Crippen molar-refractivity contribution in [1.29, 1.82) is 0 Å². The molecule has 0 bridgehead atoms. The van der Waals surface area contributed by atoms with Crippen LogP contribution in [0.5, 0.6) is 0 Å². The minimum absolute atomic E-state index is 0.0806. The Balaban J connectivity index is 3.01. The van der Waals surface area contributed by atoms with Crippen LogP contribution in [-0.2, 0) is 9.53 Å². The third-order valence-corrected chi connectivity index (χ3v) is 4.57. The van der Waals surface area contributed by atoms with Crippen LogP contribution in [0.1, 0.15) is 52.9 Å². The average molecular weight is 270 g/mol. The molecule has 1 atom stereocenters. The van der Waals surface area contributed by atoms with Crippen LogP contribution in [0.2, 0.25) is 0 Å². The summed E-state index contributed by atoms with van der Waals surface area (Å²) in [5.41, 5.74) is 5.86. The Morgan fingerprint density at radius 3 is 2.21 bits per heavy atom. The number of nitrogens with zero attached hydrogens (tertiary/aromatic N) is 1. The molecule has 0 unspecified atom stereocenters. The molecule has 1 saturated carbocycles. The van der Waals surface area contributed by atoms with E-state index in [0.717, 1.165) is 25.9 Å². The summed E-state index contributed by atoms with van der Waals surface area (Å²) in [4.78, 5) is 14.7. The van der Waals surface area contributed by atoms with Crippen LogP contribution in [0.3, 0.4) is 0 Å². The van der Waals surface area contributed by atoms with E-state index >= 15 is 0 Å². The smallest absolute Gasteiger partial charge is 0.312 e. The maximum Gasteiger partial charge on any atom is 0.312 e. The zero-order valence-electron chi connectivity index (χ0n) is 12.8. The van der Waals surface area contributed by atoms with Crippen molar-refractivity contribution in [2.24, 2.45) is 11.7 Å². The molecule has 1 aliphatic carbocycles. The largest absolute Gasteiger partial charge is 0.466 e. The number of ether oxygens (including phenoxy) is 1. The van der Waals surface area contributed by atoms with Gasteiger partial charge in [0, 0.05) is 12.1 Å². The Bertz CT molecular complexity index is 271. The molecule has 0 aromatic rings. The molecule has 0 heterocycles. The van der Waals surface area contributed by atoms with Gasteiger partial charge >= 0.3 is 5.97 Å². The molecule has 1 aliphatic rings. The van der Waals surface area contributed by atoms with E-state index in [4.69, 9.17) is 10.5 Å². The molecule has 0 amide bonds. The van der Waals surface area contributed by atoms with Crippen molar-refractivity contribution in [3.8, 4) is 0 Å². The van der Waals surface area contributed by atoms with Gasteiger partial charge in [-0.05, 0) is 32.9 Å². The molecule has 0 aromatic carbocycles. The van der Waals surface area contributed by atoms with E-state index in [2.05, 4.69) is 18.7 Å². The first-order chi connectivity index (χ1) is 9.16. The van der Waals surface area contributed by atoms with Gasteiger partial charge in [0.15, 0.2) is 0 Å². The first-order valence-corrected chi connectivity index (χ1v) is 7.78. The first kappa shape index (κ1) is 16.4. The topological polar surface area (TPSA) is 55.6 Å². The highest BCUT2D eigenvalue weighted by atomic mass is 16.5. The van der Waals surface area contributed by atoms with E-state index in [-0.39, 0.29) is 17.4 Å². The van der Waals surface area contributed by atoms with Crippen molar-refractivity contribution < 1.29 is 9.53 Å². The molecule has 0 aromatic heterocycles. The highest BCUT2D eigenvalue weighted by Crippen LogP contribution is 2.40. The molecule has 2 N–H and O–H groups in total. The van der Waals surface area contributed by atoms with Gasteiger partial charge in [-0.3, -0.25) is 9.69 Å². The number of carbonyl (C=O) groups excluding carboxylic acids is 1. The lowest BCUT2D eigenvalue weighted by atomic mass is 9.71. The Morgan fingerprint density at radius 1 is 1.21 bits per heavy atom.